The van der Waals surface area contributed by atoms with E-state index in [1.807, 2.05) is 11.8 Å². The van der Waals surface area contributed by atoms with E-state index in [0.29, 0.717) is 0 Å². The average molecular weight is 218 g/mol. The lowest BCUT2D eigenvalue weighted by Gasteiger charge is -2.47. The Hall–Kier alpha value is 0.270. The second-order valence-electron chi connectivity index (χ2n) is 4.33. The number of aliphatic hydroxyl groups excluding tert-OH is 1. The summed E-state index contributed by atoms with van der Waals surface area (Å²) in [5.41, 5.74) is -0.922. The van der Waals surface area contributed by atoms with Crippen LogP contribution in [-0.4, -0.2) is 33.9 Å². The number of thioether (sulfide) groups is 1. The van der Waals surface area contributed by atoms with Crippen LogP contribution in [0, 0.1) is 5.41 Å². The maximum atomic E-state index is 10.6. The fourth-order valence-corrected chi connectivity index (χ4v) is 3.76. The van der Waals surface area contributed by atoms with Crippen LogP contribution in [0.25, 0.3) is 0 Å². The molecule has 0 spiro atoms. The second-order valence-corrected chi connectivity index (χ2v) is 5.44. The molecule has 3 heteroatoms. The molecule has 1 fully saturated rings. The van der Waals surface area contributed by atoms with Crippen LogP contribution in [0.3, 0.4) is 0 Å². The maximum Gasteiger partial charge on any atom is 0.0815 e. The van der Waals surface area contributed by atoms with E-state index < -0.39 is 5.60 Å². The summed E-state index contributed by atoms with van der Waals surface area (Å²) in [6, 6.07) is 0. The summed E-state index contributed by atoms with van der Waals surface area (Å²) in [5, 5.41) is 20.1. The fourth-order valence-electron chi connectivity index (χ4n) is 2.48. The van der Waals surface area contributed by atoms with E-state index in [4.69, 9.17) is 0 Å². The minimum Gasteiger partial charge on any atom is -0.396 e. The van der Waals surface area contributed by atoms with Gasteiger partial charge in [-0.2, -0.15) is 11.8 Å². The summed E-state index contributed by atoms with van der Waals surface area (Å²) in [4.78, 5) is 0. The number of hydrogen-bond acceptors (Lipinski definition) is 3. The molecule has 1 aliphatic rings. The molecule has 1 saturated heterocycles. The Morgan fingerprint density at radius 3 is 2.36 bits per heavy atom. The molecule has 0 aromatic carbocycles. The minimum atomic E-state index is -0.645. The lowest BCUT2D eigenvalue weighted by atomic mass is 9.67. The monoisotopic (exact) mass is 218 g/mol. The third kappa shape index (κ3) is 1.95. The molecule has 1 aliphatic heterocycles. The van der Waals surface area contributed by atoms with Crippen molar-refractivity contribution in [1.29, 1.82) is 0 Å². The van der Waals surface area contributed by atoms with Gasteiger partial charge in [-0.15, -0.1) is 0 Å². The molecule has 0 saturated carbocycles. The SMILES string of the molecule is CCC(CC)(CO)C1(O)CCCSC1. The van der Waals surface area contributed by atoms with Gasteiger partial charge in [0.25, 0.3) is 0 Å². The molecule has 2 nitrogen and oxygen atoms in total. The zero-order chi connectivity index (χ0) is 10.7. The molecule has 1 rings (SSSR count). The van der Waals surface area contributed by atoms with Gasteiger partial charge in [-0.1, -0.05) is 13.8 Å². The van der Waals surface area contributed by atoms with E-state index in [0.717, 1.165) is 37.2 Å². The van der Waals surface area contributed by atoms with Gasteiger partial charge in [-0.25, -0.2) is 0 Å². The third-order valence-electron chi connectivity index (χ3n) is 3.86. The maximum absolute atomic E-state index is 10.6. The lowest BCUT2D eigenvalue weighted by Crippen LogP contribution is -2.53. The van der Waals surface area contributed by atoms with Crippen molar-refractivity contribution in [3.05, 3.63) is 0 Å². The van der Waals surface area contributed by atoms with Gasteiger partial charge in [-0.3, -0.25) is 0 Å². The molecule has 84 valence electrons. The van der Waals surface area contributed by atoms with Gasteiger partial charge >= 0.3 is 0 Å². The van der Waals surface area contributed by atoms with Crippen molar-refractivity contribution < 1.29 is 10.2 Å². The Kier molecular flexibility index (Phi) is 4.29. The molecule has 2 N–H and O–H groups in total. The molecule has 0 bridgehead atoms. The smallest absolute Gasteiger partial charge is 0.0815 e. The summed E-state index contributed by atoms with van der Waals surface area (Å²) < 4.78 is 0. The first-order valence-corrected chi connectivity index (χ1v) is 6.70. The molecule has 0 aromatic heterocycles. The second kappa shape index (κ2) is 4.86. The highest BCUT2D eigenvalue weighted by Crippen LogP contribution is 2.45. The van der Waals surface area contributed by atoms with Gasteiger partial charge in [0.05, 0.1) is 12.2 Å². The van der Waals surface area contributed by atoms with E-state index in [1.165, 1.54) is 0 Å². The number of aliphatic hydroxyl groups is 2. The highest BCUT2D eigenvalue weighted by molar-refractivity contribution is 7.99. The standard InChI is InChI=1S/C11H22O2S/c1-3-10(4-2,8-12)11(13)6-5-7-14-9-11/h12-13H,3-9H2,1-2H3. The molecular weight excluding hydrogens is 196 g/mol. The van der Waals surface area contributed by atoms with E-state index in [2.05, 4.69) is 13.8 Å². The predicted octanol–water partition coefficient (Wildman–Crippen LogP) is 2.04. The van der Waals surface area contributed by atoms with Crippen molar-refractivity contribution >= 4 is 11.8 Å². The van der Waals surface area contributed by atoms with E-state index in [-0.39, 0.29) is 12.0 Å². The van der Waals surface area contributed by atoms with Crippen molar-refractivity contribution in [2.75, 3.05) is 18.1 Å². The van der Waals surface area contributed by atoms with Crippen molar-refractivity contribution in [3.8, 4) is 0 Å². The summed E-state index contributed by atoms with van der Waals surface area (Å²) in [6.07, 6.45) is 3.64. The Morgan fingerprint density at radius 2 is 2.00 bits per heavy atom. The first kappa shape index (κ1) is 12.3. The molecule has 1 atom stereocenters. The Labute approximate surface area is 91.1 Å². The van der Waals surface area contributed by atoms with Crippen molar-refractivity contribution in [1.82, 2.24) is 0 Å². The molecular formula is C11H22O2S. The van der Waals surface area contributed by atoms with E-state index >= 15 is 0 Å². The van der Waals surface area contributed by atoms with Gasteiger partial charge in [-0.05, 0) is 31.4 Å². The van der Waals surface area contributed by atoms with Gasteiger partial charge in [0.15, 0.2) is 0 Å². The minimum absolute atomic E-state index is 0.108. The Morgan fingerprint density at radius 1 is 1.36 bits per heavy atom. The molecule has 0 aliphatic carbocycles. The van der Waals surface area contributed by atoms with Crippen LogP contribution in [-0.2, 0) is 0 Å². The predicted molar refractivity (Wildman–Crippen MR) is 61.6 cm³/mol. The van der Waals surface area contributed by atoms with Crippen molar-refractivity contribution in [3.63, 3.8) is 0 Å². The molecule has 0 aromatic rings. The quantitative estimate of drug-likeness (QED) is 0.758. The Balaban J connectivity index is 2.83. The normalized spacial score (nSPS) is 29.1. The molecule has 0 amide bonds. The molecule has 1 heterocycles. The lowest BCUT2D eigenvalue weighted by molar-refractivity contribution is -0.105. The van der Waals surface area contributed by atoms with Crippen LogP contribution in [0.1, 0.15) is 39.5 Å². The third-order valence-corrected chi connectivity index (χ3v) is 5.12. The topological polar surface area (TPSA) is 40.5 Å². The van der Waals surface area contributed by atoms with Crippen LogP contribution >= 0.6 is 11.8 Å². The summed E-state index contributed by atoms with van der Waals surface area (Å²) in [7, 11) is 0. The highest BCUT2D eigenvalue weighted by atomic mass is 32.2. The van der Waals surface area contributed by atoms with Crippen LogP contribution in [0.2, 0.25) is 0 Å². The zero-order valence-electron chi connectivity index (χ0n) is 9.25. The van der Waals surface area contributed by atoms with Gasteiger partial charge in [0, 0.05) is 11.2 Å². The first-order chi connectivity index (χ1) is 6.64. The summed E-state index contributed by atoms with van der Waals surface area (Å²) >= 11 is 1.81. The Bertz CT molecular complexity index is 164. The summed E-state index contributed by atoms with van der Waals surface area (Å²) in [6.45, 7) is 4.24. The van der Waals surface area contributed by atoms with Crippen LogP contribution < -0.4 is 0 Å². The van der Waals surface area contributed by atoms with Gasteiger partial charge < -0.3 is 10.2 Å². The zero-order valence-corrected chi connectivity index (χ0v) is 10.1. The van der Waals surface area contributed by atoms with E-state index in [1.54, 1.807) is 0 Å². The van der Waals surface area contributed by atoms with Gasteiger partial charge in [0.2, 0.25) is 0 Å². The largest absolute Gasteiger partial charge is 0.396 e. The van der Waals surface area contributed by atoms with Crippen LogP contribution in [0.15, 0.2) is 0 Å². The number of rotatable bonds is 4. The highest BCUT2D eigenvalue weighted by Gasteiger charge is 2.47. The van der Waals surface area contributed by atoms with E-state index in [9.17, 15) is 10.2 Å². The molecule has 14 heavy (non-hydrogen) atoms. The van der Waals surface area contributed by atoms with Crippen molar-refractivity contribution in [2.45, 2.75) is 45.1 Å². The van der Waals surface area contributed by atoms with Crippen molar-refractivity contribution in [2.24, 2.45) is 5.41 Å². The number of hydrogen-bond donors (Lipinski definition) is 2. The molecule has 1 unspecified atom stereocenters. The van der Waals surface area contributed by atoms with Gasteiger partial charge in [0.1, 0.15) is 0 Å². The average Bonchev–Trinajstić information content (AvgIpc) is 2.22. The summed E-state index contributed by atoms with van der Waals surface area (Å²) in [5.74, 6) is 1.94. The van der Waals surface area contributed by atoms with Crippen LogP contribution in [0.5, 0.6) is 0 Å². The molecule has 0 radical (unpaired) electrons. The fraction of sp³-hybridized carbons (Fsp3) is 1.00. The first-order valence-electron chi connectivity index (χ1n) is 5.55. The van der Waals surface area contributed by atoms with Crippen LogP contribution in [0.4, 0.5) is 0 Å².